The van der Waals surface area contributed by atoms with E-state index in [0.717, 1.165) is 5.75 Å². The van der Waals surface area contributed by atoms with Crippen molar-refractivity contribution in [2.24, 2.45) is 5.10 Å². The monoisotopic (exact) mass is 358 g/mol. The zero-order valence-electron chi connectivity index (χ0n) is 15.0. The average molecular weight is 358 g/mol. The first-order valence-electron chi connectivity index (χ1n) is 8.06. The summed E-state index contributed by atoms with van der Waals surface area (Å²) in [6.07, 6.45) is 1.50. The Balaban J connectivity index is 1.89. The van der Waals surface area contributed by atoms with Crippen LogP contribution in [0.5, 0.6) is 23.0 Å². The molecule has 0 aliphatic heterocycles. The minimum atomic E-state index is -0.377. The highest BCUT2D eigenvalue weighted by Crippen LogP contribution is 2.22. The molecule has 7 nitrogen and oxygen atoms in total. The Morgan fingerprint density at radius 3 is 2.31 bits per heavy atom. The molecule has 0 aliphatic carbocycles. The standard InChI is InChI=1S/C19H22N2O5/c1-4-25-18-10-9-17(24-3)11-14(18)12-20-21-19(22)13-26-16-7-5-15(23-2)6-8-16/h5-12H,4,13H2,1-3H3,(H,21,22)/b20-12-. The Kier molecular flexibility index (Phi) is 7.30. The van der Waals surface area contributed by atoms with E-state index in [1.807, 2.05) is 6.92 Å². The van der Waals surface area contributed by atoms with E-state index in [0.29, 0.717) is 29.4 Å². The molecule has 1 amide bonds. The van der Waals surface area contributed by atoms with Crippen LogP contribution < -0.4 is 24.4 Å². The van der Waals surface area contributed by atoms with Crippen molar-refractivity contribution in [3.63, 3.8) is 0 Å². The van der Waals surface area contributed by atoms with Crippen LogP contribution in [0.15, 0.2) is 47.6 Å². The van der Waals surface area contributed by atoms with Gasteiger partial charge in [0, 0.05) is 5.56 Å². The molecule has 0 saturated heterocycles. The third kappa shape index (κ3) is 5.70. The number of benzene rings is 2. The van der Waals surface area contributed by atoms with E-state index in [4.69, 9.17) is 18.9 Å². The van der Waals surface area contributed by atoms with Gasteiger partial charge >= 0.3 is 0 Å². The van der Waals surface area contributed by atoms with Crippen LogP contribution in [-0.2, 0) is 4.79 Å². The van der Waals surface area contributed by atoms with Gasteiger partial charge in [0.15, 0.2) is 6.61 Å². The number of nitrogens with one attached hydrogen (secondary N) is 1. The highest BCUT2D eigenvalue weighted by atomic mass is 16.5. The number of ether oxygens (including phenoxy) is 4. The first kappa shape index (κ1) is 19.1. The SMILES string of the molecule is CCOc1ccc(OC)cc1/C=N\NC(=O)COc1ccc(OC)cc1. The van der Waals surface area contributed by atoms with Gasteiger partial charge in [0.1, 0.15) is 23.0 Å². The van der Waals surface area contributed by atoms with E-state index in [9.17, 15) is 4.79 Å². The Morgan fingerprint density at radius 2 is 1.65 bits per heavy atom. The Labute approximate surface area is 152 Å². The number of hydrogen-bond acceptors (Lipinski definition) is 6. The number of rotatable bonds is 9. The van der Waals surface area contributed by atoms with Crippen molar-refractivity contribution in [3.05, 3.63) is 48.0 Å². The molecule has 0 bridgehead atoms. The molecular formula is C19H22N2O5. The maximum Gasteiger partial charge on any atom is 0.277 e. The van der Waals surface area contributed by atoms with Gasteiger partial charge in [-0.3, -0.25) is 4.79 Å². The summed E-state index contributed by atoms with van der Waals surface area (Å²) in [7, 11) is 3.16. The maximum atomic E-state index is 11.8. The Bertz CT molecular complexity index is 744. The van der Waals surface area contributed by atoms with Crippen molar-refractivity contribution in [1.29, 1.82) is 0 Å². The maximum absolute atomic E-state index is 11.8. The fourth-order valence-corrected chi connectivity index (χ4v) is 2.07. The first-order chi connectivity index (χ1) is 12.7. The second kappa shape index (κ2) is 9.93. The van der Waals surface area contributed by atoms with E-state index in [-0.39, 0.29) is 12.5 Å². The smallest absolute Gasteiger partial charge is 0.277 e. The molecule has 0 saturated carbocycles. The lowest BCUT2D eigenvalue weighted by molar-refractivity contribution is -0.123. The fraction of sp³-hybridized carbons (Fsp3) is 0.263. The molecule has 2 aromatic rings. The summed E-state index contributed by atoms with van der Waals surface area (Å²) in [5.74, 6) is 2.23. The second-order valence-corrected chi connectivity index (χ2v) is 5.09. The predicted octanol–water partition coefficient (Wildman–Crippen LogP) is 2.63. The van der Waals surface area contributed by atoms with E-state index in [1.165, 1.54) is 6.21 Å². The summed E-state index contributed by atoms with van der Waals surface area (Å²) >= 11 is 0. The third-order valence-corrected chi connectivity index (χ3v) is 3.34. The van der Waals surface area contributed by atoms with E-state index in [1.54, 1.807) is 56.7 Å². The van der Waals surface area contributed by atoms with Crippen LogP contribution in [0, 0.1) is 0 Å². The van der Waals surface area contributed by atoms with Crippen molar-refractivity contribution in [2.75, 3.05) is 27.4 Å². The molecule has 138 valence electrons. The second-order valence-electron chi connectivity index (χ2n) is 5.09. The molecule has 0 fully saturated rings. The molecule has 1 N–H and O–H groups in total. The van der Waals surface area contributed by atoms with Gasteiger partial charge in [-0.2, -0.15) is 5.10 Å². The molecule has 7 heteroatoms. The summed E-state index contributed by atoms with van der Waals surface area (Å²) in [5, 5.41) is 3.94. The van der Waals surface area contributed by atoms with Gasteiger partial charge in [-0.25, -0.2) is 5.43 Å². The molecular weight excluding hydrogens is 336 g/mol. The largest absolute Gasteiger partial charge is 0.497 e. The van der Waals surface area contributed by atoms with E-state index < -0.39 is 0 Å². The number of hydrazone groups is 1. The molecule has 0 aliphatic rings. The van der Waals surface area contributed by atoms with Crippen LogP contribution in [-0.4, -0.2) is 39.6 Å². The van der Waals surface area contributed by atoms with Crippen LogP contribution in [0.3, 0.4) is 0 Å². The number of methoxy groups -OCH3 is 2. The van der Waals surface area contributed by atoms with Crippen molar-refractivity contribution in [1.82, 2.24) is 5.43 Å². The minimum Gasteiger partial charge on any atom is -0.497 e. The third-order valence-electron chi connectivity index (χ3n) is 3.34. The van der Waals surface area contributed by atoms with Crippen molar-refractivity contribution >= 4 is 12.1 Å². The summed E-state index contributed by atoms with van der Waals surface area (Å²) in [4.78, 5) is 11.8. The first-order valence-corrected chi connectivity index (χ1v) is 8.06. The van der Waals surface area contributed by atoms with Gasteiger partial charge < -0.3 is 18.9 Å². The Hall–Kier alpha value is -3.22. The molecule has 2 rings (SSSR count). The minimum absolute atomic E-state index is 0.153. The topological polar surface area (TPSA) is 78.4 Å². The van der Waals surface area contributed by atoms with Crippen molar-refractivity contribution in [3.8, 4) is 23.0 Å². The van der Waals surface area contributed by atoms with Crippen molar-refractivity contribution in [2.45, 2.75) is 6.92 Å². The molecule has 26 heavy (non-hydrogen) atoms. The van der Waals surface area contributed by atoms with Crippen LogP contribution in [0.4, 0.5) is 0 Å². The van der Waals surface area contributed by atoms with Gasteiger partial charge in [-0.1, -0.05) is 0 Å². The number of carbonyl (C=O) groups is 1. The van der Waals surface area contributed by atoms with Crippen molar-refractivity contribution < 1.29 is 23.7 Å². The van der Waals surface area contributed by atoms with Gasteiger partial charge in [0.25, 0.3) is 5.91 Å². The number of hydrogen-bond donors (Lipinski definition) is 1. The summed E-state index contributed by atoms with van der Waals surface area (Å²) in [5.41, 5.74) is 3.11. The molecule has 0 spiro atoms. The zero-order valence-corrected chi connectivity index (χ0v) is 15.0. The highest BCUT2D eigenvalue weighted by molar-refractivity contribution is 5.86. The van der Waals surface area contributed by atoms with E-state index in [2.05, 4.69) is 10.5 Å². The van der Waals surface area contributed by atoms with Crippen LogP contribution in [0.2, 0.25) is 0 Å². The quantitative estimate of drug-likeness (QED) is 0.551. The van der Waals surface area contributed by atoms with Gasteiger partial charge in [0.2, 0.25) is 0 Å². The summed E-state index contributed by atoms with van der Waals surface area (Å²) in [6, 6.07) is 12.3. The Morgan fingerprint density at radius 1 is 1.00 bits per heavy atom. The lowest BCUT2D eigenvalue weighted by Crippen LogP contribution is -2.24. The van der Waals surface area contributed by atoms with Gasteiger partial charge in [0.05, 0.1) is 27.0 Å². The molecule has 0 aromatic heterocycles. The van der Waals surface area contributed by atoms with Gasteiger partial charge in [-0.05, 0) is 49.4 Å². The van der Waals surface area contributed by atoms with E-state index >= 15 is 0 Å². The number of carbonyl (C=O) groups excluding carboxylic acids is 1. The summed E-state index contributed by atoms with van der Waals surface area (Å²) < 4.78 is 21.2. The normalized spacial score (nSPS) is 10.4. The molecule has 2 aromatic carbocycles. The molecule has 0 unspecified atom stereocenters. The lowest BCUT2D eigenvalue weighted by atomic mass is 10.2. The molecule has 0 atom stereocenters. The number of nitrogens with zero attached hydrogens (tertiary/aromatic N) is 1. The fourth-order valence-electron chi connectivity index (χ4n) is 2.07. The molecule has 0 heterocycles. The van der Waals surface area contributed by atoms with Crippen LogP contribution in [0.1, 0.15) is 12.5 Å². The lowest BCUT2D eigenvalue weighted by Gasteiger charge is -2.09. The highest BCUT2D eigenvalue weighted by Gasteiger charge is 2.05. The zero-order chi connectivity index (χ0) is 18.8. The molecule has 0 radical (unpaired) electrons. The van der Waals surface area contributed by atoms with Crippen LogP contribution in [0.25, 0.3) is 0 Å². The number of amides is 1. The predicted molar refractivity (Wildman–Crippen MR) is 98.4 cm³/mol. The van der Waals surface area contributed by atoms with Gasteiger partial charge in [-0.15, -0.1) is 0 Å². The summed E-state index contributed by atoms with van der Waals surface area (Å²) in [6.45, 7) is 2.26. The average Bonchev–Trinajstić information content (AvgIpc) is 2.68. The van der Waals surface area contributed by atoms with Crippen LogP contribution >= 0.6 is 0 Å².